The van der Waals surface area contributed by atoms with Crippen LogP contribution in [0.4, 0.5) is 5.69 Å². The normalized spacial score (nSPS) is 10.3. The second kappa shape index (κ2) is 7.31. The number of anilines is 1. The molecule has 0 aliphatic rings. The third kappa shape index (κ3) is 4.24. The van der Waals surface area contributed by atoms with Gasteiger partial charge in [-0.25, -0.2) is 0 Å². The maximum atomic E-state index is 11.4. The molecule has 0 aliphatic heterocycles. The highest BCUT2D eigenvalue weighted by atomic mass is 79.9. The molecule has 0 unspecified atom stereocenters. The molecule has 2 N–H and O–H groups in total. The van der Waals surface area contributed by atoms with Crippen molar-refractivity contribution in [2.24, 2.45) is 5.73 Å². The average molecular weight is 363 g/mol. The zero-order chi connectivity index (χ0) is 16.1. The minimum atomic E-state index is -0.380. The number of ether oxygens (including phenoxy) is 1. The van der Waals surface area contributed by atoms with Crippen molar-refractivity contribution in [1.29, 1.82) is 0 Å². The van der Waals surface area contributed by atoms with E-state index in [0.29, 0.717) is 12.4 Å². The highest BCUT2D eigenvalue weighted by Gasteiger charge is 2.15. The summed E-state index contributed by atoms with van der Waals surface area (Å²) in [4.78, 5) is 13.3. The number of carbonyl (C=O) groups excluding carboxylic acids is 1. The maximum absolute atomic E-state index is 11.4. The molecule has 2 aromatic carbocycles. The van der Waals surface area contributed by atoms with Crippen LogP contribution in [0, 0.1) is 0 Å². The van der Waals surface area contributed by atoms with Gasteiger partial charge in [0, 0.05) is 29.8 Å². The number of hydrogen-bond acceptors (Lipinski definition) is 3. The van der Waals surface area contributed by atoms with Gasteiger partial charge >= 0.3 is 0 Å². The number of amides is 1. The van der Waals surface area contributed by atoms with Crippen molar-refractivity contribution in [3.05, 3.63) is 58.1 Å². The van der Waals surface area contributed by atoms with Crippen LogP contribution in [0.5, 0.6) is 5.75 Å². The smallest absolute Gasteiger partial charge is 0.222 e. The molecule has 0 fully saturated rings. The van der Waals surface area contributed by atoms with Crippen molar-refractivity contribution in [3.8, 4) is 5.75 Å². The molecule has 1 amide bonds. The van der Waals surface area contributed by atoms with Crippen LogP contribution < -0.4 is 15.4 Å². The molecule has 0 spiro atoms. The predicted octanol–water partition coefficient (Wildman–Crippen LogP) is 3.12. The Labute approximate surface area is 139 Å². The van der Waals surface area contributed by atoms with Crippen LogP contribution in [0.3, 0.4) is 0 Å². The molecule has 0 bridgehead atoms. The van der Waals surface area contributed by atoms with Crippen molar-refractivity contribution >= 4 is 27.5 Å². The van der Waals surface area contributed by atoms with Gasteiger partial charge in [-0.3, -0.25) is 4.79 Å². The Morgan fingerprint density at radius 2 is 1.91 bits per heavy atom. The van der Waals surface area contributed by atoms with Crippen LogP contribution in [0.2, 0.25) is 0 Å². The van der Waals surface area contributed by atoms with Crippen molar-refractivity contribution in [1.82, 2.24) is 0 Å². The summed E-state index contributed by atoms with van der Waals surface area (Å²) in [7, 11) is 3.85. The number of halogens is 1. The quantitative estimate of drug-likeness (QED) is 0.858. The topological polar surface area (TPSA) is 55.6 Å². The lowest BCUT2D eigenvalue weighted by atomic mass is 10.1. The Morgan fingerprint density at radius 3 is 2.50 bits per heavy atom. The van der Waals surface area contributed by atoms with E-state index >= 15 is 0 Å². The molecule has 0 aromatic heterocycles. The summed E-state index contributed by atoms with van der Waals surface area (Å²) in [5.74, 6) is 0.288. The SMILES string of the molecule is CN(C)c1cc(Br)cc(OCc2ccccc2)c1CC(N)=O. The van der Waals surface area contributed by atoms with Gasteiger partial charge in [-0.15, -0.1) is 0 Å². The number of hydrogen-bond donors (Lipinski definition) is 1. The van der Waals surface area contributed by atoms with Gasteiger partial charge in [0.25, 0.3) is 0 Å². The molecule has 0 heterocycles. The molecule has 4 nitrogen and oxygen atoms in total. The molecule has 116 valence electrons. The third-order valence-electron chi connectivity index (χ3n) is 3.22. The van der Waals surface area contributed by atoms with Crippen LogP contribution in [-0.2, 0) is 17.8 Å². The largest absolute Gasteiger partial charge is 0.488 e. The molecular weight excluding hydrogens is 344 g/mol. The van der Waals surface area contributed by atoms with Crippen molar-refractivity contribution in [2.75, 3.05) is 19.0 Å². The van der Waals surface area contributed by atoms with Gasteiger partial charge in [-0.2, -0.15) is 0 Å². The van der Waals surface area contributed by atoms with E-state index < -0.39 is 0 Å². The number of nitrogens with zero attached hydrogens (tertiary/aromatic N) is 1. The molecule has 2 aromatic rings. The maximum Gasteiger partial charge on any atom is 0.222 e. The first kappa shape index (κ1) is 16.4. The molecule has 2 rings (SSSR count). The summed E-state index contributed by atoms with van der Waals surface area (Å²) in [6.07, 6.45) is 0.144. The molecule has 0 aliphatic carbocycles. The minimum Gasteiger partial charge on any atom is -0.488 e. The zero-order valence-electron chi connectivity index (χ0n) is 12.7. The molecule has 0 radical (unpaired) electrons. The van der Waals surface area contributed by atoms with Crippen molar-refractivity contribution < 1.29 is 9.53 Å². The first-order valence-corrected chi connectivity index (χ1v) is 7.71. The van der Waals surface area contributed by atoms with Gasteiger partial charge in [0.05, 0.1) is 6.42 Å². The molecule has 5 heteroatoms. The van der Waals surface area contributed by atoms with Gasteiger partial charge in [0.1, 0.15) is 12.4 Å². The Bertz CT molecular complexity index is 657. The third-order valence-corrected chi connectivity index (χ3v) is 3.68. The first-order valence-electron chi connectivity index (χ1n) is 6.92. The van der Waals surface area contributed by atoms with Crippen LogP contribution in [-0.4, -0.2) is 20.0 Å². The summed E-state index contributed by atoms with van der Waals surface area (Å²) >= 11 is 3.49. The van der Waals surface area contributed by atoms with E-state index in [9.17, 15) is 4.79 Å². The predicted molar refractivity (Wildman–Crippen MR) is 92.1 cm³/mol. The number of nitrogens with two attached hydrogens (primary N) is 1. The monoisotopic (exact) mass is 362 g/mol. The number of primary amides is 1. The first-order chi connectivity index (χ1) is 10.5. The highest BCUT2D eigenvalue weighted by Crippen LogP contribution is 2.33. The fourth-order valence-corrected chi connectivity index (χ4v) is 2.64. The van der Waals surface area contributed by atoms with E-state index in [0.717, 1.165) is 21.3 Å². The minimum absolute atomic E-state index is 0.144. The zero-order valence-corrected chi connectivity index (χ0v) is 14.3. The summed E-state index contributed by atoms with van der Waals surface area (Å²) in [5, 5.41) is 0. The fourth-order valence-electron chi connectivity index (χ4n) is 2.21. The van der Waals surface area contributed by atoms with Crippen molar-refractivity contribution in [2.45, 2.75) is 13.0 Å². The Morgan fingerprint density at radius 1 is 1.23 bits per heavy atom. The average Bonchev–Trinajstić information content (AvgIpc) is 2.47. The highest BCUT2D eigenvalue weighted by molar-refractivity contribution is 9.10. The Balaban J connectivity index is 2.33. The van der Waals surface area contributed by atoms with E-state index in [4.69, 9.17) is 10.5 Å². The molecular formula is C17H19BrN2O2. The lowest BCUT2D eigenvalue weighted by Crippen LogP contribution is -2.19. The number of rotatable bonds is 6. The molecule has 0 atom stereocenters. The molecule has 0 saturated carbocycles. The van der Waals surface area contributed by atoms with Gasteiger partial charge in [0.2, 0.25) is 5.91 Å². The van der Waals surface area contributed by atoms with E-state index in [1.165, 1.54) is 0 Å². The number of benzene rings is 2. The number of carbonyl (C=O) groups is 1. The van der Waals surface area contributed by atoms with Crippen LogP contribution >= 0.6 is 15.9 Å². The van der Waals surface area contributed by atoms with Crippen LogP contribution in [0.25, 0.3) is 0 Å². The molecule has 0 saturated heterocycles. The second-order valence-corrected chi connectivity index (χ2v) is 6.13. The van der Waals surface area contributed by atoms with Crippen LogP contribution in [0.1, 0.15) is 11.1 Å². The van der Waals surface area contributed by atoms with Gasteiger partial charge < -0.3 is 15.4 Å². The Hall–Kier alpha value is -2.01. The molecule has 22 heavy (non-hydrogen) atoms. The summed E-state index contributed by atoms with van der Waals surface area (Å²) < 4.78 is 6.83. The van der Waals surface area contributed by atoms with Gasteiger partial charge in [-0.1, -0.05) is 46.3 Å². The fraction of sp³-hybridized carbons (Fsp3) is 0.235. The summed E-state index contributed by atoms with van der Waals surface area (Å²) in [5.41, 5.74) is 8.17. The van der Waals surface area contributed by atoms with Crippen molar-refractivity contribution in [3.63, 3.8) is 0 Å². The van der Waals surface area contributed by atoms with E-state index in [2.05, 4.69) is 15.9 Å². The van der Waals surface area contributed by atoms with E-state index in [-0.39, 0.29) is 12.3 Å². The lowest BCUT2D eigenvalue weighted by Gasteiger charge is -2.21. The second-order valence-electron chi connectivity index (χ2n) is 5.21. The van der Waals surface area contributed by atoms with E-state index in [1.54, 1.807) is 0 Å². The Kier molecular flexibility index (Phi) is 5.44. The van der Waals surface area contributed by atoms with E-state index in [1.807, 2.05) is 61.5 Å². The van der Waals surface area contributed by atoms with Gasteiger partial charge in [-0.05, 0) is 17.7 Å². The summed E-state index contributed by atoms with van der Waals surface area (Å²) in [6, 6.07) is 13.7. The standard InChI is InChI=1S/C17H19BrN2O2/c1-20(2)15-8-13(18)9-16(14(15)10-17(19)21)22-11-12-6-4-3-5-7-12/h3-9H,10-11H2,1-2H3,(H2,19,21). The van der Waals surface area contributed by atoms with Gasteiger partial charge in [0.15, 0.2) is 0 Å². The summed E-state index contributed by atoms with van der Waals surface area (Å²) in [6.45, 7) is 0.440. The van der Waals surface area contributed by atoms with Crippen LogP contribution in [0.15, 0.2) is 46.9 Å². The lowest BCUT2D eigenvalue weighted by molar-refractivity contribution is -0.117.